The van der Waals surface area contributed by atoms with Gasteiger partial charge in [-0.1, -0.05) is 0 Å². The second kappa shape index (κ2) is 6.91. The standard InChI is InChI=1S/C16H18N2O4/c1-18-9-3-4-13(18)14(19)10-17-15(20)11-5-7-12(8-6-11)16(21)22-2/h3-9,14,19H,10H2,1-2H3,(H,17,20)/t14-/m0/s1. The molecule has 1 heterocycles. The van der Waals surface area contributed by atoms with Crippen LogP contribution in [0.4, 0.5) is 0 Å². The van der Waals surface area contributed by atoms with Crippen molar-refractivity contribution in [3.05, 3.63) is 59.4 Å². The predicted molar refractivity (Wildman–Crippen MR) is 80.5 cm³/mol. The van der Waals surface area contributed by atoms with Crippen LogP contribution in [0.5, 0.6) is 0 Å². The third-order valence-corrected chi connectivity index (χ3v) is 3.35. The smallest absolute Gasteiger partial charge is 0.337 e. The van der Waals surface area contributed by atoms with E-state index in [1.54, 1.807) is 10.6 Å². The van der Waals surface area contributed by atoms with Crippen LogP contribution >= 0.6 is 0 Å². The lowest BCUT2D eigenvalue weighted by molar-refractivity contribution is 0.0600. The molecule has 1 atom stereocenters. The van der Waals surface area contributed by atoms with E-state index in [-0.39, 0.29) is 12.5 Å². The zero-order chi connectivity index (χ0) is 16.1. The molecule has 1 aromatic carbocycles. The summed E-state index contributed by atoms with van der Waals surface area (Å²) in [7, 11) is 3.12. The summed E-state index contributed by atoms with van der Waals surface area (Å²) >= 11 is 0. The topological polar surface area (TPSA) is 80.6 Å². The van der Waals surface area contributed by atoms with Crippen molar-refractivity contribution in [2.75, 3.05) is 13.7 Å². The average molecular weight is 302 g/mol. The van der Waals surface area contributed by atoms with Crippen molar-refractivity contribution < 1.29 is 19.4 Å². The maximum absolute atomic E-state index is 12.0. The number of esters is 1. The number of nitrogens with zero attached hydrogens (tertiary/aromatic N) is 1. The second-order valence-corrected chi connectivity index (χ2v) is 4.84. The Labute approximate surface area is 128 Å². The number of amides is 1. The monoisotopic (exact) mass is 302 g/mol. The zero-order valence-electron chi connectivity index (χ0n) is 12.4. The number of methoxy groups -OCH3 is 1. The maximum atomic E-state index is 12.0. The summed E-state index contributed by atoms with van der Waals surface area (Å²) in [5, 5.41) is 12.7. The van der Waals surface area contributed by atoms with Gasteiger partial charge in [0.2, 0.25) is 0 Å². The quantitative estimate of drug-likeness (QED) is 0.815. The molecule has 0 saturated heterocycles. The van der Waals surface area contributed by atoms with Crippen molar-refractivity contribution in [3.63, 3.8) is 0 Å². The molecule has 0 fully saturated rings. The minimum Gasteiger partial charge on any atom is -0.465 e. The molecule has 2 N–H and O–H groups in total. The Morgan fingerprint density at radius 1 is 1.23 bits per heavy atom. The van der Waals surface area contributed by atoms with E-state index in [0.717, 1.165) is 5.69 Å². The molecule has 0 bridgehead atoms. The molecule has 6 heteroatoms. The van der Waals surface area contributed by atoms with Gasteiger partial charge in [0.1, 0.15) is 6.10 Å². The average Bonchev–Trinajstić information content (AvgIpc) is 2.97. The van der Waals surface area contributed by atoms with Crippen LogP contribution in [0.25, 0.3) is 0 Å². The first-order valence-corrected chi connectivity index (χ1v) is 6.79. The van der Waals surface area contributed by atoms with Crippen molar-refractivity contribution in [2.45, 2.75) is 6.10 Å². The fourth-order valence-corrected chi connectivity index (χ4v) is 2.09. The largest absolute Gasteiger partial charge is 0.465 e. The van der Waals surface area contributed by atoms with E-state index >= 15 is 0 Å². The minimum atomic E-state index is -0.779. The van der Waals surface area contributed by atoms with Crippen molar-refractivity contribution in [2.24, 2.45) is 7.05 Å². The number of carbonyl (C=O) groups is 2. The van der Waals surface area contributed by atoms with E-state index in [1.165, 1.54) is 31.4 Å². The highest BCUT2D eigenvalue weighted by atomic mass is 16.5. The van der Waals surface area contributed by atoms with Crippen molar-refractivity contribution in [1.29, 1.82) is 0 Å². The molecule has 0 aliphatic carbocycles. The molecule has 116 valence electrons. The number of hydrogen-bond acceptors (Lipinski definition) is 4. The van der Waals surface area contributed by atoms with Crippen LogP contribution in [0, 0.1) is 0 Å². The van der Waals surface area contributed by atoms with E-state index in [4.69, 9.17) is 0 Å². The highest BCUT2D eigenvalue weighted by Gasteiger charge is 2.13. The number of aromatic nitrogens is 1. The van der Waals surface area contributed by atoms with Crippen LogP contribution in [0.2, 0.25) is 0 Å². The van der Waals surface area contributed by atoms with Gasteiger partial charge in [-0.3, -0.25) is 4.79 Å². The lowest BCUT2D eigenvalue weighted by Gasteiger charge is -2.13. The molecule has 0 aliphatic heterocycles. The van der Waals surface area contributed by atoms with Gasteiger partial charge in [-0.25, -0.2) is 4.79 Å². The Morgan fingerprint density at radius 3 is 2.41 bits per heavy atom. The van der Waals surface area contributed by atoms with Crippen molar-refractivity contribution in [3.8, 4) is 0 Å². The Balaban J connectivity index is 1.95. The first-order chi connectivity index (χ1) is 10.5. The second-order valence-electron chi connectivity index (χ2n) is 4.84. The maximum Gasteiger partial charge on any atom is 0.337 e. The van der Waals surface area contributed by atoms with Crippen molar-refractivity contribution >= 4 is 11.9 Å². The highest BCUT2D eigenvalue weighted by molar-refractivity contribution is 5.96. The number of benzene rings is 1. The molecule has 0 unspecified atom stereocenters. The summed E-state index contributed by atoms with van der Waals surface area (Å²) in [5.74, 6) is -0.768. The van der Waals surface area contributed by atoms with Gasteiger partial charge in [0, 0.05) is 31.0 Å². The van der Waals surface area contributed by atoms with E-state index in [0.29, 0.717) is 11.1 Å². The molecule has 2 aromatic rings. The van der Waals surface area contributed by atoms with Gasteiger partial charge in [-0.15, -0.1) is 0 Å². The molecule has 1 amide bonds. The number of aliphatic hydroxyl groups is 1. The molecular weight excluding hydrogens is 284 g/mol. The Morgan fingerprint density at radius 2 is 1.86 bits per heavy atom. The summed E-state index contributed by atoms with van der Waals surface area (Å²) in [6.45, 7) is 0.107. The summed E-state index contributed by atoms with van der Waals surface area (Å²) in [6, 6.07) is 9.74. The fraction of sp³-hybridized carbons (Fsp3) is 0.250. The number of aryl methyl sites for hydroxylation is 1. The SMILES string of the molecule is COC(=O)c1ccc(C(=O)NC[C@H](O)c2cccn2C)cc1. The minimum absolute atomic E-state index is 0.107. The highest BCUT2D eigenvalue weighted by Crippen LogP contribution is 2.12. The summed E-state index contributed by atoms with van der Waals surface area (Å²) in [4.78, 5) is 23.3. The van der Waals surface area contributed by atoms with Gasteiger partial charge < -0.3 is 19.7 Å². The van der Waals surface area contributed by atoms with Gasteiger partial charge in [0.05, 0.1) is 12.7 Å². The molecule has 0 saturated carbocycles. The molecule has 0 aliphatic rings. The van der Waals surface area contributed by atoms with Crippen LogP contribution < -0.4 is 5.32 Å². The number of ether oxygens (including phenoxy) is 1. The lowest BCUT2D eigenvalue weighted by atomic mass is 10.1. The van der Waals surface area contributed by atoms with Gasteiger partial charge >= 0.3 is 5.97 Å². The molecular formula is C16H18N2O4. The number of rotatable bonds is 5. The molecule has 2 rings (SSSR count). The van der Waals surface area contributed by atoms with Crippen LogP contribution in [0.15, 0.2) is 42.6 Å². The van der Waals surface area contributed by atoms with Crippen molar-refractivity contribution in [1.82, 2.24) is 9.88 Å². The van der Waals surface area contributed by atoms with Crippen LogP contribution in [-0.2, 0) is 11.8 Å². The molecule has 0 radical (unpaired) electrons. The van der Waals surface area contributed by atoms with Crippen LogP contribution in [0.1, 0.15) is 32.5 Å². The number of hydrogen-bond donors (Lipinski definition) is 2. The molecule has 1 aromatic heterocycles. The predicted octanol–water partition coefficient (Wildman–Crippen LogP) is 1.28. The summed E-state index contributed by atoms with van der Waals surface area (Å²) in [6.07, 6.45) is 1.05. The fourth-order valence-electron chi connectivity index (χ4n) is 2.09. The number of carbonyl (C=O) groups excluding carboxylic acids is 2. The third-order valence-electron chi connectivity index (χ3n) is 3.35. The molecule has 6 nitrogen and oxygen atoms in total. The number of aliphatic hydroxyl groups excluding tert-OH is 1. The zero-order valence-corrected chi connectivity index (χ0v) is 12.4. The molecule has 22 heavy (non-hydrogen) atoms. The van der Waals surface area contributed by atoms with Crippen LogP contribution in [0.3, 0.4) is 0 Å². The summed E-state index contributed by atoms with van der Waals surface area (Å²) < 4.78 is 6.39. The Hall–Kier alpha value is -2.60. The Bertz CT molecular complexity index is 661. The lowest BCUT2D eigenvalue weighted by Crippen LogP contribution is -2.29. The number of nitrogens with one attached hydrogen (secondary N) is 1. The molecule has 0 spiro atoms. The van der Waals surface area contributed by atoms with E-state index < -0.39 is 12.1 Å². The van der Waals surface area contributed by atoms with E-state index in [2.05, 4.69) is 10.1 Å². The van der Waals surface area contributed by atoms with E-state index in [9.17, 15) is 14.7 Å². The van der Waals surface area contributed by atoms with Gasteiger partial charge in [0.25, 0.3) is 5.91 Å². The van der Waals surface area contributed by atoms with Crippen LogP contribution in [-0.4, -0.2) is 35.2 Å². The third kappa shape index (κ3) is 3.53. The first-order valence-electron chi connectivity index (χ1n) is 6.79. The Kier molecular flexibility index (Phi) is 4.95. The first kappa shape index (κ1) is 15.8. The normalized spacial score (nSPS) is 11.8. The van der Waals surface area contributed by atoms with Gasteiger partial charge in [-0.2, -0.15) is 0 Å². The van der Waals surface area contributed by atoms with Gasteiger partial charge in [0.15, 0.2) is 0 Å². The summed E-state index contributed by atoms with van der Waals surface area (Å²) in [5.41, 5.74) is 1.51. The van der Waals surface area contributed by atoms with Gasteiger partial charge in [-0.05, 0) is 36.4 Å². The van der Waals surface area contributed by atoms with E-state index in [1.807, 2.05) is 19.3 Å².